The van der Waals surface area contributed by atoms with E-state index in [0.717, 1.165) is 64.2 Å². The fourth-order valence-electron chi connectivity index (χ4n) is 4.56. The molecule has 0 heterocycles. The summed E-state index contributed by atoms with van der Waals surface area (Å²) in [5, 5.41) is 19.4. The van der Waals surface area contributed by atoms with E-state index in [4.69, 9.17) is 5.11 Å². The number of aliphatic hydroxyl groups is 1. The van der Waals surface area contributed by atoms with Crippen LogP contribution in [-0.2, 0) is 9.59 Å². The molecule has 2 N–H and O–H groups in total. The van der Waals surface area contributed by atoms with Crippen LogP contribution in [0.4, 0.5) is 0 Å². The maximum atomic E-state index is 12.3. The van der Waals surface area contributed by atoms with Crippen molar-refractivity contribution in [1.82, 2.24) is 0 Å². The first-order chi connectivity index (χ1) is 12.9. The summed E-state index contributed by atoms with van der Waals surface area (Å²) in [6.45, 7) is 1.88. The summed E-state index contributed by atoms with van der Waals surface area (Å²) in [5.74, 6) is 0.486. The lowest BCUT2D eigenvalue weighted by Gasteiger charge is -2.27. The summed E-state index contributed by atoms with van der Waals surface area (Å²) in [6.07, 6.45) is 18.8. The van der Waals surface area contributed by atoms with Gasteiger partial charge in [0, 0.05) is 18.8 Å². The number of carbonyl (C=O) groups excluding carboxylic acids is 1. The van der Waals surface area contributed by atoms with Crippen LogP contribution in [0.1, 0.15) is 84.0 Å². The maximum absolute atomic E-state index is 12.3. The highest BCUT2D eigenvalue weighted by molar-refractivity contribution is 5.83. The Bertz CT molecular complexity index is 547. The highest BCUT2D eigenvalue weighted by atomic mass is 16.4. The molecule has 0 saturated heterocycles. The molecule has 0 radical (unpaired) electrons. The van der Waals surface area contributed by atoms with Gasteiger partial charge in [0.2, 0.25) is 0 Å². The highest BCUT2D eigenvalue weighted by Crippen LogP contribution is 2.35. The first-order valence-electron chi connectivity index (χ1n) is 10.7. The maximum Gasteiger partial charge on any atom is 0.303 e. The zero-order chi connectivity index (χ0) is 19.7. The van der Waals surface area contributed by atoms with Gasteiger partial charge in [-0.15, -0.1) is 0 Å². The minimum absolute atomic E-state index is 0.0779. The van der Waals surface area contributed by atoms with Crippen LogP contribution in [0, 0.1) is 17.8 Å². The van der Waals surface area contributed by atoms with E-state index < -0.39 is 11.6 Å². The second-order valence-corrected chi connectivity index (χ2v) is 8.69. The molecule has 0 aliphatic heterocycles. The van der Waals surface area contributed by atoms with Gasteiger partial charge in [0.15, 0.2) is 0 Å². The van der Waals surface area contributed by atoms with Crippen LogP contribution in [-0.4, -0.2) is 27.6 Å². The fraction of sp³-hybridized carbons (Fsp3) is 0.739. The lowest BCUT2D eigenvalue weighted by Crippen LogP contribution is -2.26. The van der Waals surface area contributed by atoms with Crippen molar-refractivity contribution >= 4 is 11.8 Å². The molecule has 1 saturated carbocycles. The Labute approximate surface area is 163 Å². The van der Waals surface area contributed by atoms with Gasteiger partial charge in [-0.2, -0.15) is 0 Å². The molecular weight excluding hydrogens is 340 g/mol. The van der Waals surface area contributed by atoms with E-state index in [9.17, 15) is 14.7 Å². The van der Waals surface area contributed by atoms with Crippen LogP contribution in [0.2, 0.25) is 0 Å². The molecule has 0 bridgehead atoms. The van der Waals surface area contributed by atoms with Gasteiger partial charge in [-0.05, 0) is 63.7 Å². The first-order valence-corrected chi connectivity index (χ1v) is 10.7. The van der Waals surface area contributed by atoms with Crippen LogP contribution >= 0.6 is 0 Å². The molecule has 0 aromatic carbocycles. The molecule has 0 spiro atoms. The second-order valence-electron chi connectivity index (χ2n) is 8.69. The normalized spacial score (nSPS) is 27.9. The van der Waals surface area contributed by atoms with Crippen LogP contribution < -0.4 is 0 Å². The number of Topliss-reactive ketones (excluding diaryl/α,β-unsaturated/α-hetero) is 1. The molecule has 27 heavy (non-hydrogen) atoms. The van der Waals surface area contributed by atoms with Crippen molar-refractivity contribution in [1.29, 1.82) is 0 Å². The average Bonchev–Trinajstić information content (AvgIpc) is 2.96. The van der Waals surface area contributed by atoms with Crippen molar-refractivity contribution in [3.63, 3.8) is 0 Å². The average molecular weight is 377 g/mol. The molecule has 1 fully saturated rings. The van der Waals surface area contributed by atoms with Gasteiger partial charge in [0.1, 0.15) is 5.78 Å². The summed E-state index contributed by atoms with van der Waals surface area (Å²) < 4.78 is 0. The molecule has 0 amide bonds. The van der Waals surface area contributed by atoms with Crippen LogP contribution in [0.3, 0.4) is 0 Å². The number of ketones is 1. The third kappa shape index (κ3) is 8.00. The predicted molar refractivity (Wildman–Crippen MR) is 107 cm³/mol. The Hall–Kier alpha value is -1.42. The minimum atomic E-state index is -0.803. The van der Waals surface area contributed by atoms with E-state index >= 15 is 0 Å². The van der Waals surface area contributed by atoms with E-state index in [0.29, 0.717) is 18.1 Å². The lowest BCUT2D eigenvalue weighted by molar-refractivity contribution is -0.137. The van der Waals surface area contributed by atoms with Gasteiger partial charge in [0.05, 0.1) is 5.60 Å². The predicted octanol–water partition coefficient (Wildman–Crippen LogP) is 5.06. The summed E-state index contributed by atoms with van der Waals surface area (Å²) in [5.41, 5.74) is -0.803. The second kappa shape index (κ2) is 10.8. The molecule has 2 rings (SSSR count). The smallest absolute Gasteiger partial charge is 0.303 e. The third-order valence-corrected chi connectivity index (χ3v) is 6.09. The van der Waals surface area contributed by atoms with Crippen molar-refractivity contribution < 1.29 is 19.8 Å². The van der Waals surface area contributed by atoms with Gasteiger partial charge in [-0.1, -0.05) is 43.6 Å². The number of hydrogen-bond acceptors (Lipinski definition) is 3. The van der Waals surface area contributed by atoms with Crippen molar-refractivity contribution in [2.75, 3.05) is 0 Å². The van der Waals surface area contributed by atoms with E-state index in [-0.39, 0.29) is 18.3 Å². The molecule has 0 aromatic rings. The number of unbranched alkanes of at least 4 members (excludes halogenated alkanes) is 3. The lowest BCUT2D eigenvalue weighted by atomic mass is 9.83. The Morgan fingerprint density at radius 2 is 2.00 bits per heavy atom. The zero-order valence-electron chi connectivity index (χ0n) is 16.7. The minimum Gasteiger partial charge on any atom is -0.481 e. The number of carbonyl (C=O) groups is 2. The number of carboxylic acids is 1. The number of carboxylic acid groups (broad SMARTS) is 1. The van der Waals surface area contributed by atoms with Gasteiger partial charge in [-0.25, -0.2) is 0 Å². The molecule has 4 nitrogen and oxygen atoms in total. The summed E-state index contributed by atoms with van der Waals surface area (Å²) in [7, 11) is 0. The third-order valence-electron chi connectivity index (χ3n) is 6.09. The number of allylic oxidation sites excluding steroid dienone is 3. The molecule has 4 heteroatoms. The number of rotatable bonds is 11. The molecule has 0 aromatic heterocycles. The van der Waals surface area contributed by atoms with Gasteiger partial charge in [-0.3, -0.25) is 9.59 Å². The number of hydrogen-bond donors (Lipinski definition) is 2. The summed E-state index contributed by atoms with van der Waals surface area (Å²) in [6, 6.07) is 0. The Balaban J connectivity index is 1.77. The molecular formula is C23H36O4. The SMILES string of the molecule is CC(O)(/C=C/[C@H]1CCC(=O)[C@@H]1CCCCCCC(=O)O)CC1CC=CCC1. The van der Waals surface area contributed by atoms with Crippen molar-refractivity contribution in [3.8, 4) is 0 Å². The summed E-state index contributed by atoms with van der Waals surface area (Å²) >= 11 is 0. The van der Waals surface area contributed by atoms with Crippen molar-refractivity contribution in [2.24, 2.45) is 17.8 Å². The van der Waals surface area contributed by atoms with E-state index in [1.54, 1.807) is 0 Å². The standard InChI is InChI=1S/C23H36O4/c1-23(27,17-18-9-5-4-6-10-18)16-15-19-13-14-21(24)20(19)11-7-2-3-8-12-22(25)26/h4-5,15-16,18-20,27H,2-3,6-14,17H2,1H3,(H,25,26)/b16-15+/t18?,19-,20-,23?/m1/s1. The van der Waals surface area contributed by atoms with E-state index in [1.807, 2.05) is 13.0 Å². The Kier molecular flexibility index (Phi) is 8.75. The van der Waals surface area contributed by atoms with Crippen molar-refractivity contribution in [2.45, 2.75) is 89.6 Å². The van der Waals surface area contributed by atoms with Crippen LogP contribution in [0.25, 0.3) is 0 Å². The zero-order valence-corrected chi connectivity index (χ0v) is 16.7. The summed E-state index contributed by atoms with van der Waals surface area (Å²) in [4.78, 5) is 22.8. The van der Waals surface area contributed by atoms with Crippen molar-refractivity contribution in [3.05, 3.63) is 24.3 Å². The molecule has 4 atom stereocenters. The van der Waals surface area contributed by atoms with Gasteiger partial charge in [0.25, 0.3) is 0 Å². The molecule has 2 unspecified atom stereocenters. The highest BCUT2D eigenvalue weighted by Gasteiger charge is 2.33. The van der Waals surface area contributed by atoms with Gasteiger partial charge >= 0.3 is 5.97 Å². The molecule has 152 valence electrons. The first kappa shape index (κ1) is 21.9. The number of aliphatic carboxylic acids is 1. The molecule has 2 aliphatic carbocycles. The Morgan fingerprint density at radius 3 is 2.70 bits per heavy atom. The van der Waals surface area contributed by atoms with Crippen LogP contribution in [0.15, 0.2) is 24.3 Å². The molecule has 2 aliphatic rings. The van der Waals surface area contributed by atoms with Gasteiger partial charge < -0.3 is 10.2 Å². The topological polar surface area (TPSA) is 74.6 Å². The van der Waals surface area contributed by atoms with E-state index in [1.165, 1.54) is 0 Å². The Morgan fingerprint density at radius 1 is 1.22 bits per heavy atom. The largest absolute Gasteiger partial charge is 0.481 e. The quantitative estimate of drug-likeness (QED) is 0.390. The van der Waals surface area contributed by atoms with E-state index in [2.05, 4.69) is 18.2 Å². The monoisotopic (exact) mass is 376 g/mol. The van der Waals surface area contributed by atoms with Crippen LogP contribution in [0.5, 0.6) is 0 Å². The fourth-order valence-corrected chi connectivity index (χ4v) is 4.56.